The number of amides is 4. The standard InChI is InChI=1S/C21H30N4O5S/c1-3-16-8-10-21(11-9-16)19(27)25(20(28)24-21)14-18(26)22-12-13-23-31(29,30)17-6-4-15(2)5-7-17/h4-7,16,23H,3,8-14H2,1-2H3,(H,22,26)(H,24,28). The molecular formula is C21H30N4O5S. The van der Waals surface area contributed by atoms with E-state index in [0.29, 0.717) is 18.8 Å². The minimum absolute atomic E-state index is 0.00949. The van der Waals surface area contributed by atoms with Gasteiger partial charge in [0.15, 0.2) is 0 Å². The molecule has 1 aromatic carbocycles. The van der Waals surface area contributed by atoms with E-state index >= 15 is 0 Å². The third kappa shape index (κ3) is 5.24. The molecule has 1 saturated carbocycles. The fraction of sp³-hybridized carbons (Fsp3) is 0.571. The largest absolute Gasteiger partial charge is 0.353 e. The van der Waals surface area contributed by atoms with Crippen LogP contribution in [0.5, 0.6) is 0 Å². The van der Waals surface area contributed by atoms with Crippen LogP contribution in [0.25, 0.3) is 0 Å². The molecule has 10 heteroatoms. The van der Waals surface area contributed by atoms with E-state index in [2.05, 4.69) is 22.3 Å². The number of aryl methyl sites for hydroxylation is 1. The fourth-order valence-electron chi connectivity index (χ4n) is 4.12. The molecule has 3 N–H and O–H groups in total. The molecule has 170 valence electrons. The van der Waals surface area contributed by atoms with Gasteiger partial charge in [0.2, 0.25) is 15.9 Å². The Morgan fingerprint density at radius 2 is 1.81 bits per heavy atom. The van der Waals surface area contributed by atoms with Crippen molar-refractivity contribution in [2.45, 2.75) is 56.4 Å². The van der Waals surface area contributed by atoms with E-state index in [1.54, 1.807) is 12.1 Å². The molecule has 0 radical (unpaired) electrons. The van der Waals surface area contributed by atoms with E-state index in [1.807, 2.05) is 6.92 Å². The van der Waals surface area contributed by atoms with Gasteiger partial charge >= 0.3 is 6.03 Å². The molecule has 0 aromatic heterocycles. The average molecular weight is 451 g/mol. The van der Waals surface area contributed by atoms with Crippen molar-refractivity contribution in [2.75, 3.05) is 19.6 Å². The van der Waals surface area contributed by atoms with Crippen LogP contribution in [0.2, 0.25) is 0 Å². The molecule has 9 nitrogen and oxygen atoms in total. The topological polar surface area (TPSA) is 125 Å². The van der Waals surface area contributed by atoms with Crippen molar-refractivity contribution in [3.63, 3.8) is 0 Å². The van der Waals surface area contributed by atoms with E-state index in [1.165, 1.54) is 12.1 Å². The summed E-state index contributed by atoms with van der Waals surface area (Å²) in [7, 11) is -3.67. The minimum Gasteiger partial charge on any atom is -0.353 e. The van der Waals surface area contributed by atoms with Gasteiger partial charge in [0.05, 0.1) is 4.90 Å². The van der Waals surface area contributed by atoms with E-state index in [4.69, 9.17) is 0 Å². The molecule has 3 rings (SSSR count). The number of nitrogens with zero attached hydrogens (tertiary/aromatic N) is 1. The first-order valence-electron chi connectivity index (χ1n) is 10.6. The Bertz CT molecular complexity index is 937. The average Bonchev–Trinajstić information content (AvgIpc) is 2.96. The fourth-order valence-corrected chi connectivity index (χ4v) is 5.16. The van der Waals surface area contributed by atoms with E-state index in [9.17, 15) is 22.8 Å². The van der Waals surface area contributed by atoms with Gasteiger partial charge in [0.1, 0.15) is 12.1 Å². The van der Waals surface area contributed by atoms with Crippen molar-refractivity contribution in [2.24, 2.45) is 5.92 Å². The third-order valence-corrected chi connectivity index (χ3v) is 7.63. The lowest BCUT2D eigenvalue weighted by molar-refractivity contribution is -0.136. The molecule has 2 fully saturated rings. The van der Waals surface area contributed by atoms with Crippen LogP contribution in [0.15, 0.2) is 29.2 Å². The molecule has 1 aliphatic heterocycles. The number of imide groups is 1. The summed E-state index contributed by atoms with van der Waals surface area (Å²) in [6.07, 6.45) is 4.00. The van der Waals surface area contributed by atoms with Crippen LogP contribution in [0.3, 0.4) is 0 Å². The third-order valence-electron chi connectivity index (χ3n) is 6.15. The maximum Gasteiger partial charge on any atom is 0.325 e. The Morgan fingerprint density at radius 1 is 1.16 bits per heavy atom. The Hall–Kier alpha value is -2.46. The van der Waals surface area contributed by atoms with E-state index < -0.39 is 27.5 Å². The highest BCUT2D eigenvalue weighted by Crippen LogP contribution is 2.37. The predicted molar refractivity (Wildman–Crippen MR) is 115 cm³/mol. The van der Waals surface area contributed by atoms with Crippen LogP contribution >= 0.6 is 0 Å². The number of hydrogen-bond donors (Lipinski definition) is 3. The summed E-state index contributed by atoms with van der Waals surface area (Å²) in [6.45, 7) is 3.63. The van der Waals surface area contributed by atoms with Crippen LogP contribution in [0.4, 0.5) is 4.79 Å². The first-order chi connectivity index (χ1) is 14.7. The lowest BCUT2D eigenvalue weighted by Crippen LogP contribution is -2.50. The summed E-state index contributed by atoms with van der Waals surface area (Å²) >= 11 is 0. The Kier molecular flexibility index (Phi) is 7.00. The first-order valence-corrected chi connectivity index (χ1v) is 12.1. The van der Waals surface area contributed by atoms with E-state index in [-0.39, 0.29) is 30.4 Å². The van der Waals surface area contributed by atoms with Crippen molar-refractivity contribution >= 4 is 27.9 Å². The van der Waals surface area contributed by atoms with Gasteiger partial charge in [-0.15, -0.1) is 0 Å². The summed E-state index contributed by atoms with van der Waals surface area (Å²) in [5.41, 5.74) is 0.0686. The normalized spacial score (nSPS) is 23.8. The van der Waals surface area contributed by atoms with Crippen LogP contribution in [-0.2, 0) is 19.6 Å². The number of nitrogens with one attached hydrogen (secondary N) is 3. The zero-order valence-electron chi connectivity index (χ0n) is 17.9. The zero-order chi connectivity index (χ0) is 22.6. The number of sulfonamides is 1. The molecule has 0 unspecified atom stereocenters. The maximum absolute atomic E-state index is 12.8. The Morgan fingerprint density at radius 3 is 2.42 bits per heavy atom. The van der Waals surface area contributed by atoms with Crippen molar-refractivity contribution in [3.8, 4) is 0 Å². The second-order valence-corrected chi connectivity index (χ2v) is 10.1. The Labute approximate surface area is 183 Å². The number of hydrogen-bond acceptors (Lipinski definition) is 5. The highest BCUT2D eigenvalue weighted by Gasteiger charge is 2.52. The Balaban J connectivity index is 1.46. The number of urea groups is 1. The number of benzene rings is 1. The molecule has 1 heterocycles. The monoisotopic (exact) mass is 450 g/mol. The van der Waals surface area contributed by atoms with E-state index in [0.717, 1.165) is 29.7 Å². The SMILES string of the molecule is CCC1CCC2(CC1)NC(=O)N(CC(=O)NCCNS(=O)(=O)c1ccc(C)cc1)C2=O. The number of carbonyl (C=O) groups excluding carboxylic acids is 3. The molecular weight excluding hydrogens is 420 g/mol. The summed E-state index contributed by atoms with van der Waals surface area (Å²) in [5.74, 6) is -0.295. The second kappa shape index (κ2) is 9.35. The number of rotatable bonds is 8. The smallest absolute Gasteiger partial charge is 0.325 e. The van der Waals surface area contributed by atoms with Crippen molar-refractivity contribution in [3.05, 3.63) is 29.8 Å². The highest BCUT2D eigenvalue weighted by atomic mass is 32.2. The van der Waals surface area contributed by atoms with Crippen LogP contribution in [0, 0.1) is 12.8 Å². The van der Waals surface area contributed by atoms with Gasteiger partial charge in [-0.25, -0.2) is 17.9 Å². The molecule has 1 saturated heterocycles. The molecule has 0 atom stereocenters. The first kappa shape index (κ1) is 23.2. The van der Waals surface area contributed by atoms with Gasteiger partial charge in [-0.3, -0.25) is 14.5 Å². The quantitative estimate of drug-likeness (QED) is 0.406. The summed E-state index contributed by atoms with van der Waals surface area (Å²) in [5, 5.41) is 5.35. The molecule has 0 bridgehead atoms. The van der Waals surface area contributed by atoms with Gasteiger partial charge in [-0.1, -0.05) is 31.0 Å². The van der Waals surface area contributed by atoms with Crippen molar-refractivity contribution in [1.29, 1.82) is 0 Å². The zero-order valence-corrected chi connectivity index (χ0v) is 18.8. The lowest BCUT2D eigenvalue weighted by Gasteiger charge is -2.34. The molecule has 1 spiro atoms. The van der Waals surface area contributed by atoms with Crippen LogP contribution < -0.4 is 15.4 Å². The van der Waals surface area contributed by atoms with Gasteiger partial charge in [0, 0.05) is 13.1 Å². The maximum atomic E-state index is 12.8. The second-order valence-electron chi connectivity index (χ2n) is 8.32. The summed E-state index contributed by atoms with van der Waals surface area (Å²) in [6, 6.07) is 5.89. The molecule has 1 aromatic rings. The van der Waals surface area contributed by atoms with Gasteiger partial charge < -0.3 is 10.6 Å². The van der Waals surface area contributed by atoms with Crippen LogP contribution in [0.1, 0.15) is 44.6 Å². The predicted octanol–water partition coefficient (Wildman–Crippen LogP) is 1.28. The highest BCUT2D eigenvalue weighted by molar-refractivity contribution is 7.89. The van der Waals surface area contributed by atoms with Gasteiger partial charge in [0.25, 0.3) is 5.91 Å². The van der Waals surface area contributed by atoms with Gasteiger partial charge in [-0.2, -0.15) is 0 Å². The van der Waals surface area contributed by atoms with Crippen molar-refractivity contribution in [1.82, 2.24) is 20.3 Å². The molecule has 4 amide bonds. The minimum atomic E-state index is -3.67. The summed E-state index contributed by atoms with van der Waals surface area (Å²) in [4.78, 5) is 38.5. The lowest BCUT2D eigenvalue weighted by atomic mass is 9.75. The molecule has 2 aliphatic rings. The summed E-state index contributed by atoms with van der Waals surface area (Å²) < 4.78 is 26.9. The van der Waals surface area contributed by atoms with Crippen molar-refractivity contribution < 1.29 is 22.8 Å². The molecule has 1 aliphatic carbocycles. The van der Waals surface area contributed by atoms with Crippen LogP contribution in [-0.4, -0.2) is 56.3 Å². The number of carbonyl (C=O) groups is 3. The van der Waals surface area contributed by atoms with Gasteiger partial charge in [-0.05, 0) is 50.7 Å². The molecule has 31 heavy (non-hydrogen) atoms.